The molecule has 0 saturated heterocycles. The molecule has 0 radical (unpaired) electrons. The van der Waals surface area contributed by atoms with Crippen molar-refractivity contribution in [1.82, 2.24) is 10.6 Å². The van der Waals surface area contributed by atoms with Crippen LogP contribution in [-0.2, 0) is 25.6 Å². The van der Waals surface area contributed by atoms with Crippen LogP contribution in [0.15, 0.2) is 30.3 Å². The molecule has 1 aliphatic rings. The molecule has 0 unspecified atom stereocenters. The molecule has 0 bridgehead atoms. The van der Waals surface area contributed by atoms with Gasteiger partial charge in [0, 0.05) is 6.54 Å². The van der Waals surface area contributed by atoms with E-state index in [0.29, 0.717) is 19.1 Å². The minimum atomic E-state index is -0.785. The van der Waals surface area contributed by atoms with Gasteiger partial charge in [0.25, 0.3) is 0 Å². The fourth-order valence-electron chi connectivity index (χ4n) is 3.47. The molecule has 32 heavy (non-hydrogen) atoms. The van der Waals surface area contributed by atoms with Gasteiger partial charge in [0.05, 0.1) is 6.61 Å². The fraction of sp³-hybridized carbons (Fsp3) is 0.625. The zero-order valence-corrected chi connectivity index (χ0v) is 19.5. The lowest BCUT2D eigenvalue weighted by molar-refractivity contribution is -0.147. The second-order valence-electron chi connectivity index (χ2n) is 9.33. The molecule has 8 nitrogen and oxygen atoms in total. The third kappa shape index (κ3) is 10.0. The van der Waals surface area contributed by atoms with E-state index in [1.54, 1.807) is 6.92 Å². The van der Waals surface area contributed by atoms with Crippen LogP contribution in [0.25, 0.3) is 0 Å². The lowest BCUT2D eigenvalue weighted by Crippen LogP contribution is -2.40. The Morgan fingerprint density at radius 1 is 0.969 bits per heavy atom. The van der Waals surface area contributed by atoms with Crippen molar-refractivity contribution < 1.29 is 28.6 Å². The Balaban J connectivity index is 1.59. The number of carbonyl (C=O) groups excluding carboxylic acids is 3. The van der Waals surface area contributed by atoms with Gasteiger partial charge in [-0.2, -0.15) is 0 Å². The number of amides is 2. The first-order valence-electron chi connectivity index (χ1n) is 11.2. The number of benzene rings is 1. The third-order valence-corrected chi connectivity index (χ3v) is 5.26. The van der Waals surface area contributed by atoms with Crippen molar-refractivity contribution in [3.05, 3.63) is 35.9 Å². The predicted octanol–water partition coefficient (Wildman–Crippen LogP) is 4.18. The molecule has 8 heteroatoms. The molecule has 0 aliphatic heterocycles. The molecular formula is C24H36N2O6. The number of ether oxygens (including phenoxy) is 3. The first kappa shape index (κ1) is 25.5. The average Bonchev–Trinajstić information content (AvgIpc) is 2.75. The van der Waals surface area contributed by atoms with Crippen LogP contribution >= 0.6 is 0 Å². The summed E-state index contributed by atoms with van der Waals surface area (Å²) in [6.07, 6.45) is 2.72. The number of esters is 1. The summed E-state index contributed by atoms with van der Waals surface area (Å²) in [6.45, 7) is 8.14. The SMILES string of the molecule is C[C@H](NC(=O)OCc1ccccc1)C(=O)OCC1CCC(CNC(=O)OC(C)(C)C)CC1. The summed E-state index contributed by atoms with van der Waals surface area (Å²) in [5.41, 5.74) is 0.366. The number of alkyl carbamates (subject to hydrolysis) is 2. The van der Waals surface area contributed by atoms with Crippen molar-refractivity contribution >= 4 is 18.2 Å². The van der Waals surface area contributed by atoms with E-state index in [4.69, 9.17) is 14.2 Å². The first-order valence-corrected chi connectivity index (χ1v) is 11.2. The molecule has 1 aliphatic carbocycles. The normalized spacial score (nSPS) is 19.4. The third-order valence-electron chi connectivity index (χ3n) is 5.26. The molecule has 1 atom stereocenters. The molecule has 0 spiro atoms. The van der Waals surface area contributed by atoms with E-state index in [1.165, 1.54) is 0 Å². The van der Waals surface area contributed by atoms with Crippen molar-refractivity contribution in [2.75, 3.05) is 13.2 Å². The van der Waals surface area contributed by atoms with E-state index in [2.05, 4.69) is 10.6 Å². The lowest BCUT2D eigenvalue weighted by Gasteiger charge is -2.29. The van der Waals surface area contributed by atoms with Crippen LogP contribution in [-0.4, -0.2) is 43.0 Å². The summed E-state index contributed by atoms with van der Waals surface area (Å²) in [7, 11) is 0. The second-order valence-corrected chi connectivity index (χ2v) is 9.33. The van der Waals surface area contributed by atoms with Crippen molar-refractivity contribution in [3.8, 4) is 0 Å². The quantitative estimate of drug-likeness (QED) is 0.457. The maximum absolute atomic E-state index is 12.2. The van der Waals surface area contributed by atoms with E-state index < -0.39 is 29.8 Å². The highest BCUT2D eigenvalue weighted by molar-refractivity contribution is 5.80. The Hall–Kier alpha value is -2.77. The van der Waals surface area contributed by atoms with Gasteiger partial charge in [-0.05, 0) is 70.8 Å². The van der Waals surface area contributed by atoms with Gasteiger partial charge in [-0.15, -0.1) is 0 Å². The summed E-state index contributed by atoms with van der Waals surface area (Å²) in [5, 5.41) is 5.33. The van der Waals surface area contributed by atoms with Gasteiger partial charge in [-0.1, -0.05) is 30.3 Å². The Kier molecular flexibility index (Phi) is 9.81. The Morgan fingerprint density at radius 2 is 1.59 bits per heavy atom. The Morgan fingerprint density at radius 3 is 2.22 bits per heavy atom. The topological polar surface area (TPSA) is 103 Å². The number of carbonyl (C=O) groups is 3. The monoisotopic (exact) mass is 448 g/mol. The smallest absolute Gasteiger partial charge is 0.408 e. The molecule has 178 valence electrons. The predicted molar refractivity (Wildman–Crippen MR) is 120 cm³/mol. The summed E-state index contributed by atoms with van der Waals surface area (Å²) in [5.74, 6) is 0.207. The van der Waals surface area contributed by atoms with Gasteiger partial charge in [-0.3, -0.25) is 0 Å². The molecule has 1 fully saturated rings. The number of hydrogen-bond donors (Lipinski definition) is 2. The standard InChI is InChI=1S/C24H36N2O6/c1-17(26-23(29)31-16-19-8-6-5-7-9-19)21(27)30-15-20-12-10-18(11-13-20)14-25-22(28)32-24(2,3)4/h5-9,17-18,20H,10-16H2,1-4H3,(H,25,28)(H,26,29)/t17-,18?,20?/m0/s1. The van der Waals surface area contributed by atoms with Crippen molar-refractivity contribution in [3.63, 3.8) is 0 Å². The van der Waals surface area contributed by atoms with Crippen LogP contribution in [0.4, 0.5) is 9.59 Å². The second kappa shape index (κ2) is 12.3. The van der Waals surface area contributed by atoms with Crippen LogP contribution in [0.3, 0.4) is 0 Å². The maximum atomic E-state index is 12.2. The minimum Gasteiger partial charge on any atom is -0.464 e. The van der Waals surface area contributed by atoms with E-state index in [-0.39, 0.29) is 12.5 Å². The van der Waals surface area contributed by atoms with E-state index in [0.717, 1.165) is 31.2 Å². The van der Waals surface area contributed by atoms with E-state index in [9.17, 15) is 14.4 Å². The Bertz CT molecular complexity index is 739. The molecule has 1 saturated carbocycles. The first-order chi connectivity index (χ1) is 15.1. The summed E-state index contributed by atoms with van der Waals surface area (Å²) < 4.78 is 15.8. The van der Waals surface area contributed by atoms with Crippen molar-refractivity contribution in [2.45, 2.75) is 71.6 Å². The molecular weight excluding hydrogens is 412 g/mol. The highest BCUT2D eigenvalue weighted by Crippen LogP contribution is 2.28. The molecule has 2 amide bonds. The molecule has 0 heterocycles. The highest BCUT2D eigenvalue weighted by atomic mass is 16.6. The van der Waals surface area contributed by atoms with Crippen molar-refractivity contribution in [2.24, 2.45) is 11.8 Å². The summed E-state index contributed by atoms with van der Waals surface area (Å²) in [6, 6.07) is 8.53. The van der Waals surface area contributed by atoms with Gasteiger partial charge in [0.15, 0.2) is 0 Å². The average molecular weight is 449 g/mol. The van der Waals surface area contributed by atoms with E-state index in [1.807, 2.05) is 51.1 Å². The van der Waals surface area contributed by atoms with Crippen LogP contribution in [0.2, 0.25) is 0 Å². The number of hydrogen-bond acceptors (Lipinski definition) is 6. The minimum absolute atomic E-state index is 0.139. The summed E-state index contributed by atoms with van der Waals surface area (Å²) >= 11 is 0. The fourth-order valence-corrected chi connectivity index (χ4v) is 3.47. The lowest BCUT2D eigenvalue weighted by atomic mass is 9.82. The van der Waals surface area contributed by atoms with Gasteiger partial charge in [0.1, 0.15) is 18.2 Å². The van der Waals surface area contributed by atoms with E-state index >= 15 is 0 Å². The molecule has 0 aromatic heterocycles. The van der Waals surface area contributed by atoms with Gasteiger partial charge < -0.3 is 24.8 Å². The molecule has 2 N–H and O–H groups in total. The van der Waals surface area contributed by atoms with Crippen molar-refractivity contribution in [1.29, 1.82) is 0 Å². The number of nitrogens with one attached hydrogen (secondary N) is 2. The van der Waals surface area contributed by atoms with Crippen LogP contribution in [0, 0.1) is 11.8 Å². The van der Waals surface area contributed by atoms with Gasteiger partial charge in [-0.25, -0.2) is 14.4 Å². The highest BCUT2D eigenvalue weighted by Gasteiger charge is 2.25. The zero-order chi connectivity index (χ0) is 23.6. The largest absolute Gasteiger partial charge is 0.464 e. The summed E-state index contributed by atoms with van der Waals surface area (Å²) in [4.78, 5) is 35.8. The number of rotatable bonds is 8. The molecule has 1 aromatic carbocycles. The molecule has 1 aromatic rings. The van der Waals surface area contributed by atoms with Gasteiger partial charge >= 0.3 is 18.2 Å². The van der Waals surface area contributed by atoms with Crippen LogP contribution < -0.4 is 10.6 Å². The molecule has 2 rings (SSSR count). The maximum Gasteiger partial charge on any atom is 0.408 e. The Labute approximate surface area is 190 Å². The van der Waals surface area contributed by atoms with Crippen LogP contribution in [0.5, 0.6) is 0 Å². The van der Waals surface area contributed by atoms with Gasteiger partial charge in [0.2, 0.25) is 0 Å². The van der Waals surface area contributed by atoms with Crippen LogP contribution in [0.1, 0.15) is 58.9 Å². The zero-order valence-electron chi connectivity index (χ0n) is 19.5.